The molecule has 2 aromatic carbocycles. The second-order valence-corrected chi connectivity index (χ2v) is 6.99. The molecule has 2 unspecified atom stereocenters. The van der Waals surface area contributed by atoms with E-state index < -0.39 is 6.04 Å². The van der Waals surface area contributed by atoms with Crippen molar-refractivity contribution < 1.29 is 19.1 Å². The molecule has 7 nitrogen and oxygen atoms in total. The summed E-state index contributed by atoms with van der Waals surface area (Å²) in [6.45, 7) is 1.03. The largest absolute Gasteiger partial charge is 0.454 e. The standard InChI is InChI=1S/C21H23N3O4/c22-16(14-5-2-1-3-6-14)12-23-20(25)17-7-4-10-24(17)21(26)15-8-9-18-19(11-15)28-13-27-18/h1-3,5-6,8-9,11,16-17H,4,7,10,12-13,22H2,(H,23,25). The Morgan fingerprint density at radius 2 is 1.93 bits per heavy atom. The van der Waals surface area contributed by atoms with Gasteiger partial charge in [-0.1, -0.05) is 30.3 Å². The number of carbonyl (C=O) groups excluding carboxylic acids is 2. The van der Waals surface area contributed by atoms with Gasteiger partial charge in [0.2, 0.25) is 12.7 Å². The SMILES string of the molecule is NC(CNC(=O)C1CCCN1C(=O)c1ccc2c(c1)OCO2)c1ccccc1. The summed E-state index contributed by atoms with van der Waals surface area (Å²) in [6, 6.07) is 13.9. The molecule has 0 aliphatic carbocycles. The van der Waals surface area contributed by atoms with Gasteiger partial charge in [0.25, 0.3) is 5.91 Å². The van der Waals surface area contributed by atoms with Crippen LogP contribution in [0.3, 0.4) is 0 Å². The van der Waals surface area contributed by atoms with Gasteiger partial charge in [-0.05, 0) is 36.6 Å². The van der Waals surface area contributed by atoms with E-state index in [-0.39, 0.29) is 24.6 Å². The molecule has 1 saturated heterocycles. The van der Waals surface area contributed by atoms with E-state index in [9.17, 15) is 9.59 Å². The van der Waals surface area contributed by atoms with Gasteiger partial charge in [-0.25, -0.2) is 0 Å². The predicted octanol–water partition coefficient (Wildman–Crippen LogP) is 1.84. The van der Waals surface area contributed by atoms with Crippen LogP contribution in [-0.4, -0.2) is 42.6 Å². The predicted molar refractivity (Wildman–Crippen MR) is 103 cm³/mol. The summed E-state index contributed by atoms with van der Waals surface area (Å²) in [5.41, 5.74) is 7.61. The van der Waals surface area contributed by atoms with E-state index in [2.05, 4.69) is 5.32 Å². The molecule has 3 N–H and O–H groups in total. The van der Waals surface area contributed by atoms with Crippen LogP contribution in [0.2, 0.25) is 0 Å². The molecular formula is C21H23N3O4. The summed E-state index contributed by atoms with van der Waals surface area (Å²) in [7, 11) is 0. The topological polar surface area (TPSA) is 93.9 Å². The molecule has 2 atom stereocenters. The third-order valence-electron chi connectivity index (χ3n) is 5.16. The van der Waals surface area contributed by atoms with Crippen LogP contribution in [0.1, 0.15) is 34.8 Å². The number of nitrogens with two attached hydrogens (primary N) is 1. The van der Waals surface area contributed by atoms with Crippen LogP contribution in [0.5, 0.6) is 11.5 Å². The quantitative estimate of drug-likeness (QED) is 0.824. The van der Waals surface area contributed by atoms with E-state index in [1.165, 1.54) is 0 Å². The van der Waals surface area contributed by atoms with Crippen molar-refractivity contribution in [1.29, 1.82) is 0 Å². The molecule has 2 aliphatic heterocycles. The molecule has 0 spiro atoms. The van der Waals surface area contributed by atoms with E-state index in [4.69, 9.17) is 15.2 Å². The average molecular weight is 381 g/mol. The van der Waals surface area contributed by atoms with Crippen LogP contribution >= 0.6 is 0 Å². The smallest absolute Gasteiger partial charge is 0.254 e. The van der Waals surface area contributed by atoms with E-state index in [1.807, 2.05) is 30.3 Å². The third-order valence-corrected chi connectivity index (χ3v) is 5.16. The molecule has 2 heterocycles. The molecule has 0 saturated carbocycles. The molecule has 4 rings (SSSR count). The lowest BCUT2D eigenvalue weighted by Crippen LogP contribution is -2.47. The second-order valence-electron chi connectivity index (χ2n) is 6.99. The number of nitrogens with zero attached hydrogens (tertiary/aromatic N) is 1. The molecule has 2 aromatic rings. The maximum absolute atomic E-state index is 12.9. The molecule has 0 radical (unpaired) electrons. The highest BCUT2D eigenvalue weighted by molar-refractivity contribution is 5.98. The van der Waals surface area contributed by atoms with Gasteiger partial charge in [-0.3, -0.25) is 9.59 Å². The van der Waals surface area contributed by atoms with Gasteiger partial charge < -0.3 is 25.4 Å². The summed E-state index contributed by atoms with van der Waals surface area (Å²) in [5, 5.41) is 2.90. The van der Waals surface area contributed by atoms with Crippen molar-refractivity contribution in [2.24, 2.45) is 5.73 Å². The Hall–Kier alpha value is -3.06. The number of ether oxygens (including phenoxy) is 2. The normalized spacial score (nSPS) is 18.8. The van der Waals surface area contributed by atoms with Crippen molar-refractivity contribution in [3.05, 3.63) is 59.7 Å². The molecular weight excluding hydrogens is 358 g/mol. The number of likely N-dealkylation sites (tertiary alicyclic amines) is 1. The molecule has 1 fully saturated rings. The Bertz CT molecular complexity index is 871. The minimum atomic E-state index is -0.485. The molecule has 146 valence electrons. The highest BCUT2D eigenvalue weighted by Gasteiger charge is 2.35. The maximum atomic E-state index is 12.9. The van der Waals surface area contributed by atoms with Gasteiger partial charge in [-0.15, -0.1) is 0 Å². The highest BCUT2D eigenvalue weighted by Crippen LogP contribution is 2.33. The van der Waals surface area contributed by atoms with Crippen molar-refractivity contribution in [3.8, 4) is 11.5 Å². The molecule has 0 bridgehead atoms. The van der Waals surface area contributed by atoms with Crippen molar-refractivity contribution in [2.45, 2.75) is 24.9 Å². The first-order valence-electron chi connectivity index (χ1n) is 9.42. The fraction of sp³-hybridized carbons (Fsp3) is 0.333. The van der Waals surface area contributed by atoms with Crippen molar-refractivity contribution in [2.75, 3.05) is 19.9 Å². The Kier molecular flexibility index (Phi) is 5.16. The number of rotatable bonds is 5. The number of benzene rings is 2. The van der Waals surface area contributed by atoms with Gasteiger partial charge >= 0.3 is 0 Å². The lowest BCUT2D eigenvalue weighted by molar-refractivity contribution is -0.124. The van der Waals surface area contributed by atoms with Crippen LogP contribution < -0.4 is 20.5 Å². The van der Waals surface area contributed by atoms with E-state index in [0.29, 0.717) is 36.6 Å². The van der Waals surface area contributed by atoms with Crippen molar-refractivity contribution in [1.82, 2.24) is 10.2 Å². The van der Waals surface area contributed by atoms with Crippen molar-refractivity contribution >= 4 is 11.8 Å². The average Bonchev–Trinajstić information content (AvgIpc) is 3.40. The van der Waals surface area contributed by atoms with E-state index in [0.717, 1.165) is 12.0 Å². The fourth-order valence-electron chi connectivity index (χ4n) is 3.62. The number of nitrogens with one attached hydrogen (secondary N) is 1. The second kappa shape index (κ2) is 7.90. The first-order chi connectivity index (χ1) is 13.6. The molecule has 28 heavy (non-hydrogen) atoms. The van der Waals surface area contributed by atoms with E-state index in [1.54, 1.807) is 23.1 Å². The van der Waals surface area contributed by atoms with Crippen LogP contribution in [0.4, 0.5) is 0 Å². The summed E-state index contributed by atoms with van der Waals surface area (Å²) in [5.74, 6) is 0.836. The fourth-order valence-corrected chi connectivity index (χ4v) is 3.62. The van der Waals surface area contributed by atoms with Crippen LogP contribution in [0.25, 0.3) is 0 Å². The van der Waals surface area contributed by atoms with Gasteiger partial charge in [0.15, 0.2) is 11.5 Å². The molecule has 7 heteroatoms. The first kappa shape index (κ1) is 18.3. The number of hydrogen-bond donors (Lipinski definition) is 2. The Balaban J connectivity index is 1.40. The van der Waals surface area contributed by atoms with Crippen LogP contribution in [0.15, 0.2) is 48.5 Å². The van der Waals surface area contributed by atoms with Gasteiger partial charge in [-0.2, -0.15) is 0 Å². The molecule has 0 aromatic heterocycles. The van der Waals surface area contributed by atoms with Gasteiger partial charge in [0, 0.05) is 24.7 Å². The van der Waals surface area contributed by atoms with Crippen LogP contribution in [0, 0.1) is 0 Å². The van der Waals surface area contributed by atoms with Crippen LogP contribution in [-0.2, 0) is 4.79 Å². The summed E-state index contributed by atoms with van der Waals surface area (Å²) in [4.78, 5) is 27.3. The monoisotopic (exact) mass is 381 g/mol. The molecule has 2 aliphatic rings. The van der Waals surface area contributed by atoms with E-state index >= 15 is 0 Å². The number of carbonyl (C=O) groups is 2. The summed E-state index contributed by atoms with van der Waals surface area (Å²) >= 11 is 0. The zero-order valence-electron chi connectivity index (χ0n) is 15.5. The maximum Gasteiger partial charge on any atom is 0.254 e. The Morgan fingerprint density at radius 1 is 1.14 bits per heavy atom. The van der Waals surface area contributed by atoms with Gasteiger partial charge in [0.05, 0.1) is 0 Å². The van der Waals surface area contributed by atoms with Crippen molar-refractivity contribution in [3.63, 3.8) is 0 Å². The third kappa shape index (κ3) is 3.66. The highest BCUT2D eigenvalue weighted by atomic mass is 16.7. The number of fused-ring (bicyclic) bond motifs is 1. The number of amides is 2. The summed E-state index contributed by atoms with van der Waals surface area (Å²) in [6.07, 6.45) is 1.43. The Labute approximate surface area is 163 Å². The Morgan fingerprint density at radius 3 is 2.75 bits per heavy atom. The number of hydrogen-bond acceptors (Lipinski definition) is 5. The summed E-state index contributed by atoms with van der Waals surface area (Å²) < 4.78 is 10.6. The molecule has 2 amide bonds. The minimum absolute atomic E-state index is 0.156. The lowest BCUT2D eigenvalue weighted by atomic mass is 10.1. The minimum Gasteiger partial charge on any atom is -0.454 e. The van der Waals surface area contributed by atoms with Gasteiger partial charge in [0.1, 0.15) is 6.04 Å². The zero-order valence-corrected chi connectivity index (χ0v) is 15.5. The zero-order chi connectivity index (χ0) is 19.5. The lowest BCUT2D eigenvalue weighted by Gasteiger charge is -2.25. The first-order valence-corrected chi connectivity index (χ1v) is 9.42.